The summed E-state index contributed by atoms with van der Waals surface area (Å²) >= 11 is 1.17. The summed E-state index contributed by atoms with van der Waals surface area (Å²) in [5.41, 5.74) is -0.468. The van der Waals surface area contributed by atoms with Crippen molar-refractivity contribution in [3.63, 3.8) is 0 Å². The van der Waals surface area contributed by atoms with Crippen molar-refractivity contribution < 1.29 is 32.4 Å². The summed E-state index contributed by atoms with van der Waals surface area (Å²) < 4.78 is 28.1. The van der Waals surface area contributed by atoms with Crippen LogP contribution in [0.1, 0.15) is 137 Å². The van der Waals surface area contributed by atoms with Crippen LogP contribution in [0.2, 0.25) is 0 Å². The highest BCUT2D eigenvalue weighted by atomic mass is 32.2. The predicted octanol–water partition coefficient (Wildman–Crippen LogP) is 7.91. The molecule has 0 bridgehead atoms. The maximum Gasteiger partial charge on any atom is 0.252 e. The summed E-state index contributed by atoms with van der Waals surface area (Å²) in [6.45, 7) is 11.0. The van der Waals surface area contributed by atoms with Gasteiger partial charge in [-0.15, -0.1) is 11.3 Å². The lowest BCUT2D eigenvalue weighted by molar-refractivity contribution is -0.145. The summed E-state index contributed by atoms with van der Waals surface area (Å²) in [6.07, 6.45) is 11.1. The molecule has 2 saturated heterocycles. The molecule has 5 rings (SSSR count). The normalized spacial score (nSPS) is 28.0. The van der Waals surface area contributed by atoms with E-state index in [0.717, 1.165) is 64.2 Å². The van der Waals surface area contributed by atoms with Crippen molar-refractivity contribution in [2.24, 2.45) is 46.3 Å². The molecule has 1 aromatic heterocycles. The average Bonchev–Trinajstić information content (AvgIpc) is 3.79. The average molecular weight is 773 g/mol. The van der Waals surface area contributed by atoms with Crippen molar-refractivity contribution in [3.05, 3.63) is 17.5 Å². The number of carbonyl (C=O) groups is 5. The second-order valence-electron chi connectivity index (χ2n) is 18.5. The largest absolute Gasteiger partial charge is 0.332 e. The topological polar surface area (TPSA) is 126 Å². The Labute approximate surface area is 322 Å². The van der Waals surface area contributed by atoms with Gasteiger partial charge in [-0.25, -0.2) is 8.42 Å². The number of ketones is 4. The number of rotatable bonds is 13. The van der Waals surface area contributed by atoms with Gasteiger partial charge in [0.2, 0.25) is 11.7 Å². The maximum absolute atomic E-state index is 14.6. The Morgan fingerprint density at radius 3 is 2.23 bits per heavy atom. The molecule has 4 fully saturated rings. The molecule has 9 nitrogen and oxygen atoms in total. The highest BCUT2D eigenvalue weighted by Gasteiger charge is 2.69. The number of carbonyl (C=O) groups excluding carboxylic acids is 5. The lowest BCUT2D eigenvalue weighted by Gasteiger charge is -2.35. The van der Waals surface area contributed by atoms with E-state index in [1.165, 1.54) is 15.6 Å². The molecular formula is C42H64N2O7S2. The van der Waals surface area contributed by atoms with Crippen LogP contribution >= 0.6 is 11.3 Å². The molecule has 2 aliphatic heterocycles. The first kappa shape index (κ1) is 41.9. The molecule has 296 valence electrons. The van der Waals surface area contributed by atoms with E-state index >= 15 is 0 Å². The van der Waals surface area contributed by atoms with Gasteiger partial charge in [0, 0.05) is 57.7 Å². The van der Waals surface area contributed by atoms with E-state index in [9.17, 15) is 32.4 Å². The summed E-state index contributed by atoms with van der Waals surface area (Å²) in [4.78, 5) is 71.3. The Morgan fingerprint density at radius 1 is 0.981 bits per heavy atom. The number of nitrogens with zero attached hydrogens (tertiary/aromatic N) is 2. The number of hydrogen-bond donors (Lipinski definition) is 0. The third-order valence-corrected chi connectivity index (χ3v) is 16.4. The number of piperidine rings is 1. The van der Waals surface area contributed by atoms with E-state index in [-0.39, 0.29) is 88.3 Å². The van der Waals surface area contributed by atoms with Gasteiger partial charge in [-0.3, -0.25) is 24.0 Å². The van der Waals surface area contributed by atoms with E-state index in [4.69, 9.17) is 0 Å². The van der Waals surface area contributed by atoms with Gasteiger partial charge in [0.05, 0.1) is 6.04 Å². The fourth-order valence-electron chi connectivity index (χ4n) is 9.13. The summed E-state index contributed by atoms with van der Waals surface area (Å²) in [7, 11) is -2.13. The zero-order valence-corrected chi connectivity index (χ0v) is 34.7. The zero-order chi connectivity index (χ0) is 38.7. The van der Waals surface area contributed by atoms with Crippen LogP contribution in [0.15, 0.2) is 21.7 Å². The number of amides is 1. The van der Waals surface area contributed by atoms with Gasteiger partial charge < -0.3 is 4.90 Å². The minimum absolute atomic E-state index is 0.00149. The molecule has 0 radical (unpaired) electrons. The van der Waals surface area contributed by atoms with Crippen LogP contribution < -0.4 is 0 Å². The lowest BCUT2D eigenvalue weighted by Crippen LogP contribution is -2.48. The van der Waals surface area contributed by atoms with Gasteiger partial charge in [-0.1, -0.05) is 98.5 Å². The number of fused-ring (bicyclic) bond motifs is 3. The molecule has 3 heterocycles. The first-order chi connectivity index (χ1) is 24.9. The Bertz CT molecular complexity index is 1590. The molecule has 0 N–H and O–H groups in total. The Hall–Kier alpha value is -2.24. The molecule has 4 aliphatic rings. The molecular weight excluding hydrogens is 709 g/mol. The molecule has 0 aromatic carbocycles. The van der Waals surface area contributed by atoms with Crippen molar-refractivity contribution in [2.75, 3.05) is 20.1 Å². The van der Waals surface area contributed by atoms with Gasteiger partial charge in [-0.05, 0) is 65.2 Å². The van der Waals surface area contributed by atoms with E-state index in [0.29, 0.717) is 25.3 Å². The summed E-state index contributed by atoms with van der Waals surface area (Å²) in [5, 5.41) is 1.73. The number of thiophene rings is 1. The molecule has 0 unspecified atom stereocenters. The van der Waals surface area contributed by atoms with Crippen LogP contribution in [0.5, 0.6) is 0 Å². The molecule has 53 heavy (non-hydrogen) atoms. The molecule has 11 heteroatoms. The number of sulfonamides is 1. The third-order valence-electron chi connectivity index (χ3n) is 13.2. The molecule has 1 aromatic rings. The van der Waals surface area contributed by atoms with Gasteiger partial charge in [0.25, 0.3) is 10.0 Å². The highest BCUT2D eigenvalue weighted by Crippen LogP contribution is 2.65. The second kappa shape index (κ2) is 17.3. The molecule has 6 atom stereocenters. The van der Waals surface area contributed by atoms with Crippen LogP contribution in [0, 0.1) is 46.3 Å². The van der Waals surface area contributed by atoms with Crippen molar-refractivity contribution in [1.29, 1.82) is 0 Å². The van der Waals surface area contributed by atoms with Crippen LogP contribution in [0.4, 0.5) is 0 Å². The van der Waals surface area contributed by atoms with E-state index in [1.807, 2.05) is 20.8 Å². The third kappa shape index (κ3) is 10.3. The van der Waals surface area contributed by atoms with Gasteiger partial charge >= 0.3 is 0 Å². The van der Waals surface area contributed by atoms with Gasteiger partial charge in [-0.2, -0.15) is 4.31 Å². The minimum atomic E-state index is -3.69. The van der Waals surface area contributed by atoms with E-state index in [2.05, 4.69) is 13.8 Å². The first-order valence-corrected chi connectivity index (χ1v) is 22.7. The van der Waals surface area contributed by atoms with Crippen LogP contribution in [0.3, 0.4) is 0 Å². The molecule has 2 aliphatic carbocycles. The maximum atomic E-state index is 14.6. The minimum Gasteiger partial charge on any atom is -0.332 e. The van der Waals surface area contributed by atoms with Crippen LogP contribution in [-0.4, -0.2) is 72.8 Å². The van der Waals surface area contributed by atoms with Gasteiger partial charge in [0.15, 0.2) is 11.6 Å². The second-order valence-corrected chi connectivity index (χ2v) is 21.7. The van der Waals surface area contributed by atoms with Crippen LogP contribution in [0.25, 0.3) is 0 Å². The smallest absolute Gasteiger partial charge is 0.252 e. The standard InChI is InChI=1S/C42H64N2O7S2/c1-41(2,3)31(26-43(6)53(50,51)36-17-14-22-52-36)25-32(45)23-30-16-13-11-9-7-8-10-12-15-29(39(48)34(46)21-20-28-18-19-28)24-35(47)38-37-33(42(37,4)5)27-44(38)40(30)49/h14,17,22,28-31,33,37-38H,7-13,15-16,18-21,23-27H2,1-6H3/t29-,30-,31-,33+,37+,38-/m1/s1. The first-order valence-electron chi connectivity index (χ1n) is 20.3. The van der Waals surface area contributed by atoms with Crippen molar-refractivity contribution in [1.82, 2.24) is 9.21 Å². The SMILES string of the molecule is CN(C[C@@H](CC(=O)C[C@H]1CCCCCCCCC[C@@H](C(=O)C(=O)CCC2CC2)CC(=O)[C@@H]2[C@@H]3[C@H](CN2C1=O)C3(C)C)C(C)(C)C)S(=O)(=O)c1cccs1. The Kier molecular flexibility index (Phi) is 13.7. The van der Waals surface area contributed by atoms with Crippen molar-refractivity contribution in [3.8, 4) is 0 Å². The Morgan fingerprint density at radius 2 is 1.62 bits per heavy atom. The lowest BCUT2D eigenvalue weighted by atomic mass is 9.76. The van der Waals surface area contributed by atoms with E-state index < -0.39 is 33.7 Å². The zero-order valence-electron chi connectivity index (χ0n) is 33.1. The predicted molar refractivity (Wildman–Crippen MR) is 208 cm³/mol. The fraction of sp³-hybridized carbons (Fsp3) is 0.786. The van der Waals surface area contributed by atoms with Gasteiger partial charge in [0.1, 0.15) is 9.99 Å². The van der Waals surface area contributed by atoms with Crippen LogP contribution in [-0.2, 0) is 34.0 Å². The fourth-order valence-corrected chi connectivity index (χ4v) is 11.5. The summed E-state index contributed by atoms with van der Waals surface area (Å²) in [6, 6.07) is 2.65. The Balaban J connectivity index is 1.33. The van der Waals surface area contributed by atoms with Crippen molar-refractivity contribution >= 4 is 50.4 Å². The molecule has 0 spiro atoms. The summed E-state index contributed by atoms with van der Waals surface area (Å²) in [5.74, 6) is -1.86. The highest BCUT2D eigenvalue weighted by molar-refractivity contribution is 7.91. The number of Topliss-reactive ketones (excluding diaryl/α,β-unsaturated/α-hetero) is 4. The molecule has 1 amide bonds. The van der Waals surface area contributed by atoms with Crippen molar-refractivity contribution in [2.45, 2.75) is 148 Å². The quantitative estimate of drug-likeness (QED) is 0.187. The monoisotopic (exact) mass is 772 g/mol. The number of hydrogen-bond acceptors (Lipinski definition) is 8. The molecule has 2 saturated carbocycles. The van der Waals surface area contributed by atoms with E-state index in [1.54, 1.807) is 29.5 Å².